The number of ether oxygens (including phenoxy) is 1. The minimum absolute atomic E-state index is 0.229. The zero-order valence-electron chi connectivity index (χ0n) is 15.2. The molecule has 0 aliphatic heterocycles. The fourth-order valence-corrected chi connectivity index (χ4v) is 3.46. The highest BCUT2D eigenvalue weighted by atomic mass is 32.1. The molecular weight excluding hydrogens is 372 g/mol. The van der Waals surface area contributed by atoms with E-state index in [9.17, 15) is 4.79 Å². The number of benzene rings is 2. The first-order chi connectivity index (χ1) is 13.7. The van der Waals surface area contributed by atoms with E-state index in [0.717, 1.165) is 10.9 Å². The Morgan fingerprint density at radius 3 is 2.89 bits per heavy atom. The molecule has 2 aromatic heterocycles. The van der Waals surface area contributed by atoms with Crippen molar-refractivity contribution in [3.05, 3.63) is 71.6 Å². The number of hydrogen-bond donors (Lipinski definition) is 1. The van der Waals surface area contributed by atoms with Crippen molar-refractivity contribution in [3.8, 4) is 17.2 Å². The first-order valence-electron chi connectivity index (χ1n) is 8.88. The van der Waals surface area contributed by atoms with Crippen LogP contribution in [0.1, 0.15) is 12.5 Å². The molecule has 140 valence electrons. The van der Waals surface area contributed by atoms with Gasteiger partial charge in [0.2, 0.25) is 5.91 Å². The van der Waals surface area contributed by atoms with Crippen molar-refractivity contribution in [1.29, 1.82) is 0 Å². The number of aromatic nitrogens is 1. The molecule has 4 aromatic rings. The van der Waals surface area contributed by atoms with Gasteiger partial charge in [0, 0.05) is 16.8 Å². The van der Waals surface area contributed by atoms with Crippen LogP contribution in [0.5, 0.6) is 5.75 Å². The van der Waals surface area contributed by atoms with Gasteiger partial charge in [-0.15, -0.1) is 11.3 Å². The van der Waals surface area contributed by atoms with Gasteiger partial charge in [-0.2, -0.15) is 0 Å². The van der Waals surface area contributed by atoms with Gasteiger partial charge in [-0.1, -0.05) is 42.5 Å². The molecule has 0 unspecified atom stereocenters. The molecule has 1 amide bonds. The topological polar surface area (TPSA) is 64.4 Å². The summed E-state index contributed by atoms with van der Waals surface area (Å²) in [5.74, 6) is 1.12. The Morgan fingerprint density at radius 1 is 1.21 bits per heavy atom. The first-order valence-corrected chi connectivity index (χ1v) is 9.76. The van der Waals surface area contributed by atoms with Crippen molar-refractivity contribution in [2.24, 2.45) is 0 Å². The minimum Gasteiger partial charge on any atom is -0.490 e. The van der Waals surface area contributed by atoms with Gasteiger partial charge in [-0.3, -0.25) is 10.1 Å². The third-order valence-corrected chi connectivity index (χ3v) is 4.78. The van der Waals surface area contributed by atoms with E-state index in [2.05, 4.69) is 10.3 Å². The largest absolute Gasteiger partial charge is 0.490 e. The highest BCUT2D eigenvalue weighted by Gasteiger charge is 2.13. The van der Waals surface area contributed by atoms with Crippen LogP contribution in [0.3, 0.4) is 0 Å². The molecule has 6 heteroatoms. The summed E-state index contributed by atoms with van der Waals surface area (Å²) in [6.45, 7) is 2.50. The number of nitrogens with one attached hydrogen (secondary N) is 1. The van der Waals surface area contributed by atoms with E-state index < -0.39 is 0 Å². The Labute approximate surface area is 166 Å². The van der Waals surface area contributed by atoms with E-state index in [4.69, 9.17) is 9.15 Å². The van der Waals surface area contributed by atoms with Crippen LogP contribution in [0.4, 0.5) is 5.13 Å². The van der Waals surface area contributed by atoms with Crippen molar-refractivity contribution in [3.63, 3.8) is 0 Å². The van der Waals surface area contributed by atoms with E-state index in [1.54, 1.807) is 6.08 Å². The standard InChI is InChI=1S/C22H18N2O3S/c1-2-26-18-10-6-9-16-13-19(27-21(16)18)17-14-28-22(23-17)24-20(25)12-11-15-7-4-3-5-8-15/h3-14H,2H2,1H3,(H,23,24,25)/b12-11+. The Balaban J connectivity index is 1.50. The number of nitrogens with zero attached hydrogens (tertiary/aromatic N) is 1. The Hall–Kier alpha value is -3.38. The van der Waals surface area contributed by atoms with Gasteiger partial charge in [0.25, 0.3) is 0 Å². The van der Waals surface area contributed by atoms with E-state index >= 15 is 0 Å². The predicted octanol–water partition coefficient (Wildman–Crippen LogP) is 5.61. The van der Waals surface area contributed by atoms with Crippen LogP contribution in [0.2, 0.25) is 0 Å². The van der Waals surface area contributed by atoms with Gasteiger partial charge >= 0.3 is 0 Å². The Bertz CT molecular complexity index is 1130. The van der Waals surface area contributed by atoms with E-state index in [1.165, 1.54) is 17.4 Å². The van der Waals surface area contributed by atoms with Crippen LogP contribution in [0.25, 0.3) is 28.5 Å². The number of hydrogen-bond acceptors (Lipinski definition) is 5. The number of thiazole rings is 1. The van der Waals surface area contributed by atoms with E-state index in [-0.39, 0.29) is 5.91 Å². The Kier molecular flexibility index (Phi) is 5.21. The number of carbonyl (C=O) groups is 1. The van der Waals surface area contributed by atoms with E-state index in [1.807, 2.05) is 66.9 Å². The molecule has 0 bridgehead atoms. The number of fused-ring (bicyclic) bond motifs is 1. The number of furan rings is 1. The van der Waals surface area contributed by atoms with E-state index in [0.29, 0.717) is 34.5 Å². The second-order valence-corrected chi connectivity index (χ2v) is 6.85. The lowest BCUT2D eigenvalue weighted by molar-refractivity contribution is -0.111. The third kappa shape index (κ3) is 3.97. The molecule has 0 saturated heterocycles. The third-order valence-electron chi connectivity index (χ3n) is 4.02. The van der Waals surface area contributed by atoms with Crippen molar-refractivity contribution >= 4 is 39.4 Å². The summed E-state index contributed by atoms with van der Waals surface area (Å²) in [6, 6.07) is 17.4. The smallest absolute Gasteiger partial charge is 0.250 e. The normalized spacial score (nSPS) is 11.2. The second kappa shape index (κ2) is 8.10. The molecule has 1 N–H and O–H groups in total. The molecule has 0 aliphatic rings. The summed E-state index contributed by atoms with van der Waals surface area (Å²) in [6.07, 6.45) is 3.25. The molecular formula is C22H18N2O3S. The zero-order chi connectivity index (χ0) is 19.3. The SMILES string of the molecule is CCOc1cccc2cc(-c3csc(NC(=O)/C=C/c4ccccc4)n3)oc12. The fourth-order valence-electron chi connectivity index (χ4n) is 2.76. The van der Waals surface area contributed by atoms with Gasteiger partial charge in [-0.25, -0.2) is 4.98 Å². The molecule has 0 fully saturated rings. The lowest BCUT2D eigenvalue weighted by atomic mass is 10.2. The minimum atomic E-state index is -0.229. The first kappa shape index (κ1) is 18.0. The zero-order valence-corrected chi connectivity index (χ0v) is 16.0. The van der Waals surface area contributed by atoms with Crippen LogP contribution in [-0.4, -0.2) is 17.5 Å². The average Bonchev–Trinajstić information content (AvgIpc) is 3.35. The molecule has 2 aromatic carbocycles. The quantitative estimate of drug-likeness (QED) is 0.435. The van der Waals surface area contributed by atoms with Crippen LogP contribution in [-0.2, 0) is 4.79 Å². The summed E-state index contributed by atoms with van der Waals surface area (Å²) in [7, 11) is 0. The molecule has 2 heterocycles. The summed E-state index contributed by atoms with van der Waals surface area (Å²) in [5.41, 5.74) is 2.33. The maximum Gasteiger partial charge on any atom is 0.250 e. The van der Waals surface area contributed by atoms with Crippen molar-refractivity contribution in [2.75, 3.05) is 11.9 Å². The molecule has 4 rings (SSSR count). The van der Waals surface area contributed by atoms with Gasteiger partial charge in [0.15, 0.2) is 22.2 Å². The fraction of sp³-hybridized carbons (Fsp3) is 0.0909. The van der Waals surface area contributed by atoms with Crippen molar-refractivity contribution in [2.45, 2.75) is 6.92 Å². The Morgan fingerprint density at radius 2 is 2.07 bits per heavy atom. The maximum atomic E-state index is 12.1. The van der Waals surface area contributed by atoms with Crippen LogP contribution in [0, 0.1) is 0 Å². The molecule has 0 aliphatic carbocycles. The van der Waals surface area contributed by atoms with Crippen molar-refractivity contribution < 1.29 is 13.9 Å². The number of para-hydroxylation sites is 1. The van der Waals surface area contributed by atoms with Crippen LogP contribution >= 0.6 is 11.3 Å². The number of rotatable bonds is 6. The van der Waals surface area contributed by atoms with Crippen LogP contribution < -0.4 is 10.1 Å². The molecule has 0 spiro atoms. The van der Waals surface area contributed by atoms with Crippen LogP contribution in [0.15, 0.2) is 70.5 Å². The highest BCUT2D eigenvalue weighted by Crippen LogP contribution is 2.34. The molecule has 0 saturated carbocycles. The lowest BCUT2D eigenvalue weighted by Crippen LogP contribution is -2.07. The molecule has 0 atom stereocenters. The second-order valence-electron chi connectivity index (χ2n) is 5.99. The number of carbonyl (C=O) groups excluding carboxylic acids is 1. The summed E-state index contributed by atoms with van der Waals surface area (Å²) in [4.78, 5) is 16.6. The number of amides is 1. The lowest BCUT2D eigenvalue weighted by Gasteiger charge is -2.02. The summed E-state index contributed by atoms with van der Waals surface area (Å²) < 4.78 is 11.6. The van der Waals surface area contributed by atoms with Gasteiger partial charge in [0.1, 0.15) is 5.69 Å². The predicted molar refractivity (Wildman–Crippen MR) is 113 cm³/mol. The number of anilines is 1. The van der Waals surface area contributed by atoms with Crippen molar-refractivity contribution in [1.82, 2.24) is 4.98 Å². The molecule has 5 nitrogen and oxygen atoms in total. The summed E-state index contributed by atoms with van der Waals surface area (Å²) >= 11 is 1.35. The molecule has 0 radical (unpaired) electrons. The van der Waals surface area contributed by atoms with Gasteiger partial charge in [-0.05, 0) is 30.7 Å². The highest BCUT2D eigenvalue weighted by molar-refractivity contribution is 7.14. The monoisotopic (exact) mass is 390 g/mol. The molecule has 28 heavy (non-hydrogen) atoms. The van der Waals surface area contributed by atoms with Gasteiger partial charge in [0.05, 0.1) is 6.61 Å². The van der Waals surface area contributed by atoms with Gasteiger partial charge < -0.3 is 9.15 Å². The summed E-state index contributed by atoms with van der Waals surface area (Å²) in [5, 5.41) is 6.11. The average molecular weight is 390 g/mol. The maximum absolute atomic E-state index is 12.1.